The largest absolute Gasteiger partial charge is 0.383 e. The van der Waals surface area contributed by atoms with Gasteiger partial charge in [-0.25, -0.2) is 0 Å². The lowest BCUT2D eigenvalue weighted by atomic mass is 9.96. The lowest BCUT2D eigenvalue weighted by molar-refractivity contribution is -0.122. The molecular weight excluding hydrogens is 290 g/mol. The van der Waals surface area contributed by atoms with Gasteiger partial charge in [-0.1, -0.05) is 24.3 Å². The molecule has 0 radical (unpaired) electrons. The molecule has 0 saturated carbocycles. The summed E-state index contributed by atoms with van der Waals surface area (Å²) in [6.45, 7) is 2.27. The Labute approximate surface area is 136 Å². The van der Waals surface area contributed by atoms with Gasteiger partial charge in [0.15, 0.2) is 0 Å². The van der Waals surface area contributed by atoms with Crippen LogP contribution < -0.4 is 5.32 Å². The van der Waals surface area contributed by atoms with E-state index in [0.717, 1.165) is 23.2 Å². The minimum Gasteiger partial charge on any atom is -0.383 e. The van der Waals surface area contributed by atoms with Crippen molar-refractivity contribution in [3.63, 3.8) is 0 Å². The Morgan fingerprint density at radius 2 is 2.22 bits per heavy atom. The maximum Gasteiger partial charge on any atom is 0.220 e. The first-order valence-corrected chi connectivity index (χ1v) is 8.04. The zero-order valence-electron chi connectivity index (χ0n) is 13.7. The van der Waals surface area contributed by atoms with E-state index in [2.05, 4.69) is 10.4 Å². The normalized spacial score (nSPS) is 19.6. The molecule has 0 spiro atoms. The molecule has 2 N–H and O–H groups in total. The Bertz CT molecular complexity index is 723. The number of aryl methyl sites for hydroxylation is 3. The summed E-state index contributed by atoms with van der Waals surface area (Å²) in [5, 5.41) is 17.9. The van der Waals surface area contributed by atoms with Crippen LogP contribution >= 0.6 is 0 Å². The molecule has 1 aromatic heterocycles. The average Bonchev–Trinajstić information content (AvgIpc) is 3.06. The molecular formula is C18H23N3O2. The van der Waals surface area contributed by atoms with Crippen molar-refractivity contribution < 1.29 is 9.90 Å². The van der Waals surface area contributed by atoms with Crippen LogP contribution in [0.4, 0.5) is 0 Å². The number of carbonyl (C=O) groups is 1. The Morgan fingerprint density at radius 3 is 2.96 bits per heavy atom. The molecule has 1 amide bonds. The Morgan fingerprint density at radius 1 is 1.43 bits per heavy atom. The number of nitrogens with one attached hydrogen (secondary N) is 1. The third-order valence-electron chi connectivity index (χ3n) is 4.86. The summed E-state index contributed by atoms with van der Waals surface area (Å²) in [7, 11) is 1.89. The van der Waals surface area contributed by atoms with Crippen LogP contribution in [0.3, 0.4) is 0 Å². The lowest BCUT2D eigenvalue weighted by Gasteiger charge is -2.24. The second-order valence-corrected chi connectivity index (χ2v) is 6.34. The zero-order valence-corrected chi connectivity index (χ0v) is 13.7. The van der Waals surface area contributed by atoms with E-state index in [1.807, 2.05) is 49.1 Å². The fourth-order valence-electron chi connectivity index (χ4n) is 3.22. The molecule has 1 unspecified atom stereocenters. The summed E-state index contributed by atoms with van der Waals surface area (Å²) in [6, 6.07) is 7.91. The minimum absolute atomic E-state index is 0.0361. The predicted molar refractivity (Wildman–Crippen MR) is 87.9 cm³/mol. The molecule has 1 atom stereocenters. The number of amides is 1. The standard InChI is InChI=1S/C18H23N3O2/c1-13-15(11-20-21(13)2)7-8-17(22)19-12-18(23)10-9-14-5-3-4-6-16(14)18/h3-6,11,23H,7-10,12H2,1-2H3,(H,19,22). The van der Waals surface area contributed by atoms with Crippen LogP contribution in [0, 0.1) is 6.92 Å². The summed E-state index contributed by atoms with van der Waals surface area (Å²) >= 11 is 0. The van der Waals surface area contributed by atoms with Crippen LogP contribution in [0.15, 0.2) is 30.5 Å². The Hall–Kier alpha value is -2.14. The Kier molecular flexibility index (Phi) is 4.22. The second kappa shape index (κ2) is 6.16. The summed E-state index contributed by atoms with van der Waals surface area (Å²) < 4.78 is 1.81. The van der Waals surface area contributed by atoms with Crippen LogP contribution in [0.2, 0.25) is 0 Å². The lowest BCUT2D eigenvalue weighted by Crippen LogP contribution is -2.39. The van der Waals surface area contributed by atoms with Crippen molar-refractivity contribution in [3.05, 3.63) is 52.8 Å². The van der Waals surface area contributed by atoms with Gasteiger partial charge in [0.05, 0.1) is 12.7 Å². The summed E-state index contributed by atoms with van der Waals surface area (Å²) in [6.07, 6.45) is 4.40. The van der Waals surface area contributed by atoms with Crippen molar-refractivity contribution in [1.29, 1.82) is 0 Å². The number of aliphatic hydroxyl groups is 1. The highest BCUT2D eigenvalue weighted by molar-refractivity contribution is 5.76. The molecule has 1 heterocycles. The number of rotatable bonds is 5. The van der Waals surface area contributed by atoms with Gasteiger partial charge in [-0.2, -0.15) is 5.10 Å². The highest BCUT2D eigenvalue weighted by Crippen LogP contribution is 2.36. The maximum atomic E-state index is 12.1. The number of nitrogens with zero attached hydrogens (tertiary/aromatic N) is 2. The van der Waals surface area contributed by atoms with E-state index in [1.54, 1.807) is 0 Å². The maximum absolute atomic E-state index is 12.1. The molecule has 1 aliphatic rings. The molecule has 122 valence electrons. The minimum atomic E-state index is -0.934. The molecule has 23 heavy (non-hydrogen) atoms. The van der Waals surface area contributed by atoms with Crippen LogP contribution in [0.25, 0.3) is 0 Å². The molecule has 1 aliphatic carbocycles. The number of aromatic nitrogens is 2. The van der Waals surface area contributed by atoms with E-state index in [-0.39, 0.29) is 12.5 Å². The summed E-state index contributed by atoms with van der Waals surface area (Å²) in [4.78, 5) is 12.1. The van der Waals surface area contributed by atoms with Crippen molar-refractivity contribution in [2.75, 3.05) is 6.54 Å². The van der Waals surface area contributed by atoms with Crippen molar-refractivity contribution in [1.82, 2.24) is 15.1 Å². The SMILES string of the molecule is Cc1c(CCC(=O)NCC2(O)CCc3ccccc32)cnn1C. The molecule has 0 aliphatic heterocycles. The number of hydrogen-bond donors (Lipinski definition) is 2. The van der Waals surface area contributed by atoms with E-state index in [1.165, 1.54) is 5.56 Å². The fourth-order valence-corrected chi connectivity index (χ4v) is 3.22. The molecule has 0 fully saturated rings. The number of benzene rings is 1. The molecule has 0 bridgehead atoms. The predicted octanol–water partition coefficient (Wildman–Crippen LogP) is 1.61. The molecule has 2 aromatic rings. The van der Waals surface area contributed by atoms with E-state index < -0.39 is 5.60 Å². The Balaban J connectivity index is 1.54. The van der Waals surface area contributed by atoms with Gasteiger partial charge < -0.3 is 10.4 Å². The van der Waals surface area contributed by atoms with Crippen molar-refractivity contribution in [2.45, 2.75) is 38.2 Å². The molecule has 3 rings (SSSR count). The van der Waals surface area contributed by atoms with Crippen molar-refractivity contribution in [2.24, 2.45) is 7.05 Å². The van der Waals surface area contributed by atoms with E-state index in [9.17, 15) is 9.90 Å². The van der Waals surface area contributed by atoms with Crippen molar-refractivity contribution in [3.8, 4) is 0 Å². The van der Waals surface area contributed by atoms with Crippen LogP contribution in [0.5, 0.6) is 0 Å². The fraction of sp³-hybridized carbons (Fsp3) is 0.444. The highest BCUT2D eigenvalue weighted by atomic mass is 16.3. The molecule has 5 nitrogen and oxygen atoms in total. The summed E-state index contributed by atoms with van der Waals surface area (Å²) in [5.41, 5.74) is 3.36. The van der Waals surface area contributed by atoms with Gasteiger partial charge in [-0.15, -0.1) is 0 Å². The van der Waals surface area contributed by atoms with E-state index in [0.29, 0.717) is 19.3 Å². The van der Waals surface area contributed by atoms with Gasteiger partial charge in [0.2, 0.25) is 5.91 Å². The molecule has 5 heteroatoms. The van der Waals surface area contributed by atoms with Gasteiger partial charge in [-0.3, -0.25) is 9.48 Å². The topological polar surface area (TPSA) is 67.2 Å². The third kappa shape index (κ3) is 3.15. The van der Waals surface area contributed by atoms with E-state index >= 15 is 0 Å². The van der Waals surface area contributed by atoms with Gasteiger partial charge in [0.25, 0.3) is 0 Å². The van der Waals surface area contributed by atoms with Crippen LogP contribution in [0.1, 0.15) is 35.2 Å². The number of fused-ring (bicyclic) bond motifs is 1. The highest BCUT2D eigenvalue weighted by Gasteiger charge is 2.36. The molecule has 0 saturated heterocycles. The van der Waals surface area contributed by atoms with Gasteiger partial charge in [0, 0.05) is 19.2 Å². The van der Waals surface area contributed by atoms with E-state index in [4.69, 9.17) is 0 Å². The van der Waals surface area contributed by atoms with Gasteiger partial charge >= 0.3 is 0 Å². The van der Waals surface area contributed by atoms with Crippen molar-refractivity contribution >= 4 is 5.91 Å². The van der Waals surface area contributed by atoms with Crippen LogP contribution in [-0.4, -0.2) is 27.3 Å². The quantitative estimate of drug-likeness (QED) is 0.881. The second-order valence-electron chi connectivity index (χ2n) is 6.34. The first-order valence-electron chi connectivity index (χ1n) is 8.04. The zero-order chi connectivity index (χ0) is 16.4. The first kappa shape index (κ1) is 15.7. The number of hydrogen-bond acceptors (Lipinski definition) is 3. The van der Waals surface area contributed by atoms with Gasteiger partial charge in [0.1, 0.15) is 5.60 Å². The third-order valence-corrected chi connectivity index (χ3v) is 4.86. The first-order chi connectivity index (χ1) is 11.0. The summed E-state index contributed by atoms with van der Waals surface area (Å²) in [5.74, 6) is -0.0361. The van der Waals surface area contributed by atoms with Gasteiger partial charge in [-0.05, 0) is 42.9 Å². The average molecular weight is 313 g/mol. The smallest absolute Gasteiger partial charge is 0.220 e. The molecule has 1 aromatic carbocycles. The number of carbonyl (C=O) groups excluding carboxylic acids is 1. The van der Waals surface area contributed by atoms with Crippen LogP contribution in [-0.2, 0) is 30.3 Å². The monoisotopic (exact) mass is 313 g/mol.